The van der Waals surface area contributed by atoms with Crippen molar-refractivity contribution in [1.29, 1.82) is 0 Å². The van der Waals surface area contributed by atoms with Crippen molar-refractivity contribution < 1.29 is 29.0 Å². The summed E-state index contributed by atoms with van der Waals surface area (Å²) >= 11 is 3.49. The van der Waals surface area contributed by atoms with Crippen LogP contribution in [0.3, 0.4) is 0 Å². The second kappa shape index (κ2) is 40.9. The molecule has 1 aromatic rings. The van der Waals surface area contributed by atoms with Crippen molar-refractivity contribution in [2.24, 2.45) is 0 Å². The lowest BCUT2D eigenvalue weighted by atomic mass is 10.2. The van der Waals surface area contributed by atoms with Crippen LogP contribution in [-0.2, 0) is 23.9 Å². The molecule has 0 radical (unpaired) electrons. The molecule has 1 unspecified atom stereocenters. The van der Waals surface area contributed by atoms with Crippen LogP contribution >= 0.6 is 23.3 Å². The van der Waals surface area contributed by atoms with Gasteiger partial charge in [0.15, 0.2) is 0 Å². The summed E-state index contributed by atoms with van der Waals surface area (Å²) in [5.74, 6) is 0.475. The summed E-state index contributed by atoms with van der Waals surface area (Å²) in [5.41, 5.74) is 0. The van der Waals surface area contributed by atoms with Gasteiger partial charge in [-0.05, 0) is 42.9 Å². The Balaban J connectivity index is -0.000000185. The second-order valence-electron chi connectivity index (χ2n) is 7.40. The summed E-state index contributed by atoms with van der Waals surface area (Å²) in [5, 5.41) is 11.1. The zero-order valence-electron chi connectivity index (χ0n) is 23.6. The van der Waals surface area contributed by atoms with E-state index in [4.69, 9.17) is 5.11 Å². The number of allylic oxidation sites excluding steroid dienone is 4. The molecule has 1 saturated heterocycles. The fourth-order valence-corrected chi connectivity index (χ4v) is 2.14. The summed E-state index contributed by atoms with van der Waals surface area (Å²) in [6.45, 7) is 9.66. The third-order valence-electron chi connectivity index (χ3n) is 3.71. The van der Waals surface area contributed by atoms with Crippen LogP contribution in [0.25, 0.3) is 0 Å². The first-order chi connectivity index (χ1) is 17.8. The van der Waals surface area contributed by atoms with Crippen molar-refractivity contribution in [3.8, 4) is 0 Å². The SMILES string of the molecule is CC1CS1.CCC=O.CCCCC/C=C/C=C/C=O.CCCCCC(=O)O.COC(C)=O.c1cnsc1. The van der Waals surface area contributed by atoms with E-state index in [0.29, 0.717) is 12.8 Å². The van der Waals surface area contributed by atoms with Crippen LogP contribution in [0.5, 0.6) is 0 Å². The van der Waals surface area contributed by atoms with E-state index in [1.807, 2.05) is 36.2 Å². The number of rotatable bonds is 11. The molecule has 1 fully saturated rings. The molecule has 1 aliphatic rings. The van der Waals surface area contributed by atoms with Crippen molar-refractivity contribution in [3.63, 3.8) is 0 Å². The van der Waals surface area contributed by atoms with Crippen LogP contribution in [0.2, 0.25) is 0 Å². The average Bonchev–Trinajstić information content (AvgIpc) is 3.43. The van der Waals surface area contributed by atoms with Crippen molar-refractivity contribution in [2.45, 2.75) is 97.7 Å². The third-order valence-corrected chi connectivity index (χ3v) is 5.23. The van der Waals surface area contributed by atoms with E-state index in [1.54, 1.807) is 12.3 Å². The highest BCUT2D eigenvalue weighted by Gasteiger charge is 2.13. The minimum Gasteiger partial charge on any atom is -0.481 e. The topological polar surface area (TPSA) is 111 Å². The number of nitrogens with zero attached hydrogens (tertiary/aromatic N) is 1. The number of hydrogen-bond donors (Lipinski definition) is 1. The van der Waals surface area contributed by atoms with Crippen molar-refractivity contribution in [3.05, 3.63) is 41.9 Å². The van der Waals surface area contributed by atoms with Crippen molar-refractivity contribution in [2.75, 3.05) is 12.9 Å². The number of ether oxygens (including phenoxy) is 1. The third kappa shape index (κ3) is 71.9. The molecule has 2 heterocycles. The number of aliphatic carboxylic acids is 1. The molecule has 0 amide bonds. The van der Waals surface area contributed by atoms with Gasteiger partial charge in [0.25, 0.3) is 0 Å². The highest BCUT2D eigenvalue weighted by Crippen LogP contribution is 2.28. The minimum absolute atomic E-state index is 0.245. The van der Waals surface area contributed by atoms with Crippen LogP contribution < -0.4 is 0 Å². The Morgan fingerprint density at radius 1 is 1.05 bits per heavy atom. The van der Waals surface area contributed by atoms with E-state index in [-0.39, 0.29) is 5.97 Å². The molecule has 214 valence electrons. The fraction of sp³-hybridized carbons (Fsp3) is 0.607. The molecule has 1 N–H and O–H groups in total. The quantitative estimate of drug-likeness (QED) is 0.0738. The van der Waals surface area contributed by atoms with Crippen LogP contribution in [0.15, 0.2) is 41.9 Å². The van der Waals surface area contributed by atoms with Crippen LogP contribution in [-0.4, -0.2) is 52.1 Å². The molecule has 1 atom stereocenters. The molecule has 0 bridgehead atoms. The fourth-order valence-electron chi connectivity index (χ4n) is 1.59. The minimum atomic E-state index is -0.682. The number of unbranched alkanes of at least 4 members (excludes halogenated alkanes) is 5. The Bertz CT molecular complexity index is 628. The van der Waals surface area contributed by atoms with Gasteiger partial charge in [-0.2, -0.15) is 11.8 Å². The van der Waals surface area contributed by atoms with Gasteiger partial charge >= 0.3 is 11.9 Å². The summed E-state index contributed by atoms with van der Waals surface area (Å²) < 4.78 is 7.88. The molecule has 37 heavy (non-hydrogen) atoms. The van der Waals surface area contributed by atoms with Gasteiger partial charge in [-0.1, -0.05) is 71.6 Å². The maximum Gasteiger partial charge on any atom is 0.303 e. The number of carbonyl (C=O) groups is 4. The van der Waals surface area contributed by atoms with E-state index in [0.717, 1.165) is 43.5 Å². The van der Waals surface area contributed by atoms with E-state index in [1.165, 1.54) is 56.7 Å². The monoisotopic (exact) mass is 559 g/mol. The maximum absolute atomic E-state index is 9.87. The van der Waals surface area contributed by atoms with E-state index < -0.39 is 5.97 Å². The summed E-state index contributed by atoms with van der Waals surface area (Å²) in [4.78, 5) is 38.5. The lowest BCUT2D eigenvalue weighted by Gasteiger charge is -1.89. The summed E-state index contributed by atoms with van der Waals surface area (Å²) in [7, 11) is 1.35. The number of hydrogen-bond acceptors (Lipinski definition) is 8. The number of esters is 1. The normalized spacial score (nSPS) is 12.3. The molecule has 0 saturated carbocycles. The molecule has 9 heteroatoms. The zero-order chi connectivity index (χ0) is 29.0. The highest BCUT2D eigenvalue weighted by molar-refractivity contribution is 8.06. The van der Waals surface area contributed by atoms with E-state index in [2.05, 4.69) is 36.0 Å². The molecule has 7 nitrogen and oxygen atoms in total. The second-order valence-corrected chi connectivity index (χ2v) is 9.56. The van der Waals surface area contributed by atoms with Crippen LogP contribution in [0.1, 0.15) is 92.4 Å². The standard InChI is InChI=1S/C10H16O.C6H12O2.C3H3NS.C3H6O2.C3H6O.C3H6S/c1-2-3-4-5-6-7-8-9-10-11;1-2-3-4-5-6(7)8;1-2-4-5-3-1;1-3(4)5-2;1-2-3-4;1-3-2-4-3/h6-10H,2-5H2,1H3;2-5H2,1H3,(H,7,8);1-3H;1-2H3;2*3H,2H2,1H3/b7-6+,9-8+;;;;;. The summed E-state index contributed by atoms with van der Waals surface area (Å²) in [6.07, 6.45) is 19.5. The molecule has 0 spiro atoms. The van der Waals surface area contributed by atoms with E-state index in [9.17, 15) is 19.2 Å². The zero-order valence-corrected chi connectivity index (χ0v) is 25.2. The highest BCUT2D eigenvalue weighted by atomic mass is 32.2. The number of carboxylic acids is 1. The van der Waals surface area contributed by atoms with Gasteiger partial charge in [0, 0.05) is 42.3 Å². The number of carbonyl (C=O) groups excluding carboxylic acids is 3. The Hall–Kier alpha value is -2.26. The maximum atomic E-state index is 9.87. The van der Waals surface area contributed by atoms with Crippen molar-refractivity contribution >= 4 is 47.8 Å². The Morgan fingerprint density at radius 2 is 1.59 bits per heavy atom. The van der Waals surface area contributed by atoms with Gasteiger partial charge in [-0.3, -0.25) is 14.4 Å². The van der Waals surface area contributed by atoms with E-state index >= 15 is 0 Å². The largest absolute Gasteiger partial charge is 0.481 e. The molecular formula is C28H49NO6S2. The first kappa shape index (κ1) is 41.9. The number of methoxy groups -OCH3 is 1. The predicted octanol–water partition coefficient (Wildman–Crippen LogP) is 7.57. The molecule has 1 aromatic heterocycles. The molecule has 2 rings (SSSR count). The lowest BCUT2D eigenvalue weighted by molar-refractivity contribution is -0.138. The van der Waals surface area contributed by atoms with Gasteiger partial charge < -0.3 is 14.6 Å². The number of aromatic nitrogens is 1. The lowest BCUT2D eigenvalue weighted by Crippen LogP contribution is -1.92. The van der Waals surface area contributed by atoms with Crippen molar-refractivity contribution in [1.82, 2.24) is 4.37 Å². The molecule has 1 aliphatic heterocycles. The Kier molecular flexibility index (Phi) is 46.3. The van der Waals surface area contributed by atoms with Crippen LogP contribution in [0.4, 0.5) is 0 Å². The number of carboxylic acid groups (broad SMARTS) is 1. The van der Waals surface area contributed by atoms with Crippen LogP contribution in [0, 0.1) is 0 Å². The molecular weight excluding hydrogens is 510 g/mol. The van der Waals surface area contributed by atoms with Gasteiger partial charge in [0.1, 0.15) is 12.6 Å². The van der Waals surface area contributed by atoms with Gasteiger partial charge in [-0.15, -0.1) is 0 Å². The smallest absolute Gasteiger partial charge is 0.303 e. The number of aldehydes is 2. The molecule has 0 aliphatic carbocycles. The van der Waals surface area contributed by atoms with Gasteiger partial charge in [0.2, 0.25) is 0 Å². The average molecular weight is 560 g/mol. The number of thioether (sulfide) groups is 1. The first-order valence-corrected chi connectivity index (χ1v) is 14.6. The molecule has 0 aromatic carbocycles. The van der Waals surface area contributed by atoms with Gasteiger partial charge in [0.05, 0.1) is 7.11 Å². The first-order valence-electron chi connectivity index (χ1n) is 12.7. The van der Waals surface area contributed by atoms with Gasteiger partial charge in [-0.25, -0.2) is 4.37 Å². The summed E-state index contributed by atoms with van der Waals surface area (Å²) in [6, 6.07) is 1.91. The predicted molar refractivity (Wildman–Crippen MR) is 158 cm³/mol. The Labute approximate surface area is 233 Å². The Morgan fingerprint density at radius 3 is 1.89 bits per heavy atom.